The fourth-order valence-electron chi connectivity index (χ4n) is 3.93. The van der Waals surface area contributed by atoms with E-state index in [9.17, 15) is 13.2 Å². The maximum atomic E-state index is 12.9. The van der Waals surface area contributed by atoms with Crippen LogP contribution < -0.4 is 4.74 Å². The summed E-state index contributed by atoms with van der Waals surface area (Å²) in [5.41, 5.74) is 0.473. The number of ether oxygens (including phenoxy) is 1. The molecule has 1 aliphatic carbocycles. The molecule has 0 spiro atoms. The first kappa shape index (κ1) is 18.7. The van der Waals surface area contributed by atoms with E-state index in [0.29, 0.717) is 17.7 Å². The summed E-state index contributed by atoms with van der Waals surface area (Å²) >= 11 is 0. The summed E-state index contributed by atoms with van der Waals surface area (Å²) in [5.74, 6) is 0.514. The highest BCUT2D eigenvalue weighted by atomic mass is 32.2. The zero-order valence-electron chi connectivity index (χ0n) is 14.8. The number of nitriles is 1. The van der Waals surface area contributed by atoms with Crippen molar-refractivity contribution in [2.45, 2.75) is 50.6 Å². The molecule has 3 rings (SSSR count). The van der Waals surface area contributed by atoms with Gasteiger partial charge in [0, 0.05) is 12.1 Å². The Morgan fingerprint density at radius 1 is 1.19 bits per heavy atom. The van der Waals surface area contributed by atoms with Gasteiger partial charge in [0.25, 0.3) is 5.91 Å². The van der Waals surface area contributed by atoms with Crippen LogP contribution >= 0.6 is 0 Å². The van der Waals surface area contributed by atoms with Gasteiger partial charge in [-0.05, 0) is 37.5 Å². The lowest BCUT2D eigenvalue weighted by atomic mass is 9.93. The molecule has 1 saturated carbocycles. The highest BCUT2D eigenvalue weighted by Crippen LogP contribution is 2.28. The molecule has 0 bridgehead atoms. The molecule has 1 atom stereocenters. The van der Waals surface area contributed by atoms with Gasteiger partial charge in [-0.15, -0.1) is 0 Å². The van der Waals surface area contributed by atoms with Gasteiger partial charge in [0.1, 0.15) is 5.75 Å². The van der Waals surface area contributed by atoms with Crippen molar-refractivity contribution in [2.75, 3.05) is 18.1 Å². The Balaban J connectivity index is 1.71. The molecule has 1 amide bonds. The molecule has 2 fully saturated rings. The van der Waals surface area contributed by atoms with Crippen LogP contribution in [0.4, 0.5) is 0 Å². The van der Waals surface area contributed by atoms with Crippen molar-refractivity contribution in [3.8, 4) is 11.8 Å². The molecule has 0 aromatic heterocycles. The zero-order valence-corrected chi connectivity index (χ0v) is 15.6. The Kier molecular flexibility index (Phi) is 5.82. The maximum Gasteiger partial charge on any atom is 0.261 e. The predicted octanol–water partition coefficient (Wildman–Crippen LogP) is 2.29. The van der Waals surface area contributed by atoms with Gasteiger partial charge < -0.3 is 9.64 Å². The monoisotopic (exact) mass is 376 g/mol. The van der Waals surface area contributed by atoms with E-state index in [1.807, 2.05) is 6.07 Å². The van der Waals surface area contributed by atoms with Gasteiger partial charge in [-0.25, -0.2) is 8.42 Å². The molecular formula is C19H24N2O4S. The van der Waals surface area contributed by atoms with Crippen LogP contribution in [0.1, 0.15) is 44.1 Å². The summed E-state index contributed by atoms with van der Waals surface area (Å²) in [6.07, 6.45) is 5.66. The summed E-state index contributed by atoms with van der Waals surface area (Å²) in [5, 5.41) is 8.95. The van der Waals surface area contributed by atoms with Crippen LogP contribution in [-0.4, -0.2) is 49.4 Å². The van der Waals surface area contributed by atoms with Crippen LogP contribution in [0.25, 0.3) is 0 Å². The molecule has 2 aliphatic rings. The number of carbonyl (C=O) groups excluding carboxylic acids is 1. The topological polar surface area (TPSA) is 87.5 Å². The van der Waals surface area contributed by atoms with E-state index >= 15 is 0 Å². The first-order valence-electron chi connectivity index (χ1n) is 9.13. The Bertz CT molecular complexity index is 794. The van der Waals surface area contributed by atoms with Gasteiger partial charge in [-0.3, -0.25) is 4.79 Å². The minimum absolute atomic E-state index is 0.0547. The van der Waals surface area contributed by atoms with E-state index < -0.39 is 9.84 Å². The Morgan fingerprint density at radius 2 is 1.96 bits per heavy atom. The molecule has 1 aliphatic heterocycles. The third kappa shape index (κ3) is 4.55. The lowest BCUT2D eigenvalue weighted by molar-refractivity contribution is -0.138. The minimum Gasteiger partial charge on any atom is -0.484 e. The molecule has 1 aromatic rings. The fourth-order valence-corrected chi connectivity index (χ4v) is 5.65. The second-order valence-corrected chi connectivity index (χ2v) is 9.31. The van der Waals surface area contributed by atoms with Gasteiger partial charge in [0.15, 0.2) is 16.4 Å². The molecule has 26 heavy (non-hydrogen) atoms. The highest BCUT2D eigenvalue weighted by molar-refractivity contribution is 7.91. The van der Waals surface area contributed by atoms with Gasteiger partial charge >= 0.3 is 0 Å². The van der Waals surface area contributed by atoms with E-state index in [-0.39, 0.29) is 36.1 Å². The van der Waals surface area contributed by atoms with Crippen LogP contribution in [0.3, 0.4) is 0 Å². The first-order valence-corrected chi connectivity index (χ1v) is 11.0. The smallest absolute Gasteiger partial charge is 0.261 e. The van der Waals surface area contributed by atoms with E-state index in [2.05, 4.69) is 0 Å². The molecule has 140 valence electrons. The molecule has 1 heterocycles. The first-order chi connectivity index (χ1) is 12.5. The number of carbonyl (C=O) groups is 1. The lowest BCUT2D eigenvalue weighted by Crippen LogP contribution is -2.50. The highest BCUT2D eigenvalue weighted by Gasteiger charge is 2.38. The standard InChI is InChI=1S/C19H24N2O4S/c20-12-15-5-4-8-18(11-15)25-13-19(22)21(16-6-2-1-3-7-16)17-9-10-26(23,24)14-17/h4-5,8,11,16-17H,1-3,6-7,9-10,13-14H2. The van der Waals surface area contributed by atoms with Crippen molar-refractivity contribution in [3.63, 3.8) is 0 Å². The van der Waals surface area contributed by atoms with Crippen LogP contribution in [0.5, 0.6) is 5.75 Å². The van der Waals surface area contributed by atoms with Crippen LogP contribution in [0.15, 0.2) is 24.3 Å². The normalized spacial score (nSPS) is 22.5. The van der Waals surface area contributed by atoms with Crippen molar-refractivity contribution in [3.05, 3.63) is 29.8 Å². The number of nitrogens with zero attached hydrogens (tertiary/aromatic N) is 2. The number of rotatable bonds is 5. The Morgan fingerprint density at radius 3 is 2.62 bits per heavy atom. The fraction of sp³-hybridized carbons (Fsp3) is 0.579. The number of sulfone groups is 1. The van der Waals surface area contributed by atoms with Crippen molar-refractivity contribution in [1.82, 2.24) is 4.90 Å². The summed E-state index contributed by atoms with van der Waals surface area (Å²) in [7, 11) is -3.06. The minimum atomic E-state index is -3.06. The van der Waals surface area contributed by atoms with Gasteiger partial charge in [0.2, 0.25) is 0 Å². The molecule has 1 unspecified atom stereocenters. The SMILES string of the molecule is N#Cc1cccc(OCC(=O)N(C2CCCCC2)C2CCS(=O)(=O)C2)c1. The Labute approximate surface area is 154 Å². The van der Waals surface area contributed by atoms with Crippen molar-refractivity contribution < 1.29 is 17.9 Å². The second-order valence-electron chi connectivity index (χ2n) is 7.08. The van der Waals surface area contributed by atoms with E-state index in [4.69, 9.17) is 10.00 Å². The largest absolute Gasteiger partial charge is 0.484 e. The van der Waals surface area contributed by atoms with Gasteiger partial charge in [-0.2, -0.15) is 5.26 Å². The van der Waals surface area contributed by atoms with Gasteiger partial charge in [-0.1, -0.05) is 25.3 Å². The molecule has 0 N–H and O–H groups in total. The summed E-state index contributed by atoms with van der Waals surface area (Å²) < 4.78 is 29.4. The lowest BCUT2D eigenvalue weighted by Gasteiger charge is -2.38. The van der Waals surface area contributed by atoms with Crippen LogP contribution in [0.2, 0.25) is 0 Å². The molecule has 1 saturated heterocycles. The Hall–Kier alpha value is -2.07. The number of hydrogen-bond donors (Lipinski definition) is 0. The third-order valence-corrected chi connectivity index (χ3v) is 6.93. The maximum absolute atomic E-state index is 12.9. The molecule has 7 heteroatoms. The number of hydrogen-bond acceptors (Lipinski definition) is 5. The van der Waals surface area contributed by atoms with Crippen molar-refractivity contribution >= 4 is 15.7 Å². The van der Waals surface area contributed by atoms with E-state index in [1.54, 1.807) is 29.2 Å². The molecule has 1 aromatic carbocycles. The number of amides is 1. The summed E-state index contributed by atoms with van der Waals surface area (Å²) in [6, 6.07) is 8.58. The predicted molar refractivity (Wildman–Crippen MR) is 97.4 cm³/mol. The average molecular weight is 376 g/mol. The van der Waals surface area contributed by atoms with Crippen molar-refractivity contribution in [2.24, 2.45) is 0 Å². The van der Waals surface area contributed by atoms with Crippen molar-refractivity contribution in [1.29, 1.82) is 5.26 Å². The van der Waals surface area contributed by atoms with Crippen LogP contribution in [-0.2, 0) is 14.6 Å². The van der Waals surface area contributed by atoms with Crippen LogP contribution in [0, 0.1) is 11.3 Å². The second kappa shape index (κ2) is 8.09. The third-order valence-electron chi connectivity index (χ3n) is 5.18. The molecule has 0 radical (unpaired) electrons. The number of benzene rings is 1. The zero-order chi connectivity index (χ0) is 18.6. The summed E-state index contributed by atoms with van der Waals surface area (Å²) in [6.45, 7) is -0.137. The molecular weight excluding hydrogens is 352 g/mol. The van der Waals surface area contributed by atoms with E-state index in [1.165, 1.54) is 6.42 Å². The van der Waals surface area contributed by atoms with Gasteiger partial charge in [0.05, 0.1) is 23.1 Å². The molecule has 6 nitrogen and oxygen atoms in total. The van der Waals surface area contributed by atoms with E-state index in [0.717, 1.165) is 25.7 Å². The average Bonchev–Trinajstić information content (AvgIpc) is 3.00. The summed E-state index contributed by atoms with van der Waals surface area (Å²) in [4.78, 5) is 14.7. The quantitative estimate of drug-likeness (QED) is 0.787.